The lowest BCUT2D eigenvalue weighted by atomic mass is 9.95. The molecule has 192 valence electrons. The van der Waals surface area contributed by atoms with Crippen molar-refractivity contribution in [2.24, 2.45) is 0 Å². The number of aliphatic hydroxyl groups excluding tert-OH is 1. The van der Waals surface area contributed by atoms with Crippen molar-refractivity contribution < 1.29 is 33.4 Å². The number of ether oxygens (including phenoxy) is 2. The van der Waals surface area contributed by atoms with E-state index in [-0.39, 0.29) is 30.3 Å². The van der Waals surface area contributed by atoms with Crippen LogP contribution in [-0.4, -0.2) is 41.5 Å². The van der Waals surface area contributed by atoms with Crippen LogP contribution in [0.2, 0.25) is 0 Å². The fourth-order valence-electron chi connectivity index (χ4n) is 4.55. The first-order chi connectivity index (χ1) is 18.4. The summed E-state index contributed by atoms with van der Waals surface area (Å²) in [5.41, 5.74) is 1.91. The van der Waals surface area contributed by atoms with E-state index in [0.717, 1.165) is 0 Å². The molecule has 4 aromatic rings. The number of para-hydroxylation sites is 1. The normalized spacial score (nSPS) is 15.3. The van der Waals surface area contributed by atoms with Gasteiger partial charge in [-0.05, 0) is 48.4 Å². The predicted molar refractivity (Wildman–Crippen MR) is 138 cm³/mol. The Labute approximate surface area is 217 Å². The molecule has 0 aliphatic carbocycles. The van der Waals surface area contributed by atoms with Crippen molar-refractivity contribution in [1.29, 1.82) is 0 Å². The monoisotopic (exact) mass is 512 g/mol. The number of anilines is 1. The Bertz CT molecular complexity index is 1560. The van der Waals surface area contributed by atoms with Gasteiger partial charge in [-0.1, -0.05) is 30.3 Å². The molecule has 38 heavy (non-hydrogen) atoms. The maximum atomic E-state index is 13.8. The fraction of sp³-hybridized carbons (Fsp3) is 0.172. The van der Waals surface area contributed by atoms with Gasteiger partial charge in [-0.3, -0.25) is 24.3 Å². The highest BCUT2D eigenvalue weighted by atomic mass is 16.5. The number of pyridine rings is 1. The minimum absolute atomic E-state index is 0.0422. The second kappa shape index (κ2) is 10.2. The van der Waals surface area contributed by atoms with Crippen molar-refractivity contribution in [2.75, 3.05) is 18.6 Å². The van der Waals surface area contributed by atoms with E-state index < -0.39 is 23.5 Å². The van der Waals surface area contributed by atoms with Gasteiger partial charge >= 0.3 is 5.97 Å². The average molecular weight is 513 g/mol. The van der Waals surface area contributed by atoms with Gasteiger partial charge in [-0.2, -0.15) is 0 Å². The largest absolute Gasteiger partial charge is 0.503 e. The number of aromatic nitrogens is 1. The zero-order valence-corrected chi connectivity index (χ0v) is 20.7. The molecule has 1 atom stereocenters. The van der Waals surface area contributed by atoms with Crippen LogP contribution in [0.15, 0.2) is 88.8 Å². The molecule has 2 aromatic heterocycles. The van der Waals surface area contributed by atoms with Crippen molar-refractivity contribution >= 4 is 34.3 Å². The van der Waals surface area contributed by atoms with Crippen LogP contribution >= 0.6 is 0 Å². The second-order valence-electron chi connectivity index (χ2n) is 8.59. The van der Waals surface area contributed by atoms with Gasteiger partial charge < -0.3 is 19.0 Å². The maximum Gasteiger partial charge on any atom is 0.310 e. The number of fused-ring (bicyclic) bond motifs is 1. The van der Waals surface area contributed by atoms with Crippen molar-refractivity contribution in [3.05, 3.63) is 101 Å². The number of Topliss-reactive ketones (excluding diaryl/α,β-unsaturated/α-hetero) is 1. The number of hydrogen-bond acceptors (Lipinski definition) is 8. The molecule has 0 fully saturated rings. The molecule has 0 saturated heterocycles. The number of methoxy groups -OCH3 is 1. The van der Waals surface area contributed by atoms with Gasteiger partial charge in [0.2, 0.25) is 5.78 Å². The number of ketones is 1. The number of nitrogens with zero attached hydrogens (tertiary/aromatic N) is 2. The van der Waals surface area contributed by atoms with E-state index in [1.54, 1.807) is 73.8 Å². The quantitative estimate of drug-likeness (QED) is 0.266. The number of amides is 1. The lowest BCUT2D eigenvalue weighted by Gasteiger charge is -2.26. The Morgan fingerprint density at radius 1 is 1.11 bits per heavy atom. The summed E-state index contributed by atoms with van der Waals surface area (Å²) in [7, 11) is 1.50. The van der Waals surface area contributed by atoms with E-state index >= 15 is 0 Å². The number of carbonyl (C=O) groups excluding carboxylic acids is 3. The summed E-state index contributed by atoms with van der Waals surface area (Å²) in [5, 5.41) is 11.6. The third-order valence-electron chi connectivity index (χ3n) is 6.27. The first-order valence-corrected chi connectivity index (χ1v) is 11.9. The van der Waals surface area contributed by atoms with Crippen LogP contribution in [0.1, 0.15) is 34.6 Å². The van der Waals surface area contributed by atoms with Gasteiger partial charge in [0.15, 0.2) is 22.9 Å². The number of hydrogen-bond donors (Lipinski definition) is 1. The molecular weight excluding hydrogens is 488 g/mol. The topological polar surface area (TPSA) is 119 Å². The van der Waals surface area contributed by atoms with Gasteiger partial charge in [0.25, 0.3) is 5.91 Å². The Morgan fingerprint density at radius 3 is 2.58 bits per heavy atom. The smallest absolute Gasteiger partial charge is 0.310 e. The molecule has 0 bridgehead atoms. The lowest BCUT2D eigenvalue weighted by Crippen LogP contribution is -2.31. The molecule has 1 aliphatic heterocycles. The molecule has 0 saturated carbocycles. The highest BCUT2D eigenvalue weighted by Gasteiger charge is 2.45. The second-order valence-corrected chi connectivity index (χ2v) is 8.59. The lowest BCUT2D eigenvalue weighted by molar-refractivity contribution is -0.142. The van der Waals surface area contributed by atoms with Crippen molar-refractivity contribution in [3.63, 3.8) is 0 Å². The summed E-state index contributed by atoms with van der Waals surface area (Å²) in [5.74, 6) is -2.00. The minimum atomic E-state index is -0.963. The molecule has 5 rings (SSSR count). The van der Waals surface area contributed by atoms with Gasteiger partial charge in [0, 0.05) is 23.5 Å². The number of aliphatic hydroxyl groups is 1. The summed E-state index contributed by atoms with van der Waals surface area (Å²) in [6, 6.07) is 16.0. The minimum Gasteiger partial charge on any atom is -0.503 e. The van der Waals surface area contributed by atoms with Crippen LogP contribution in [-0.2, 0) is 20.7 Å². The number of esters is 1. The maximum absolute atomic E-state index is 13.8. The Morgan fingerprint density at radius 2 is 1.89 bits per heavy atom. The standard InChI is InChI=1S/C29H24N2O7/c1-3-37-23(32)14-17-9-11-20(12-10-17)31-25(19-7-5-13-30-16-19)24(27(34)29(31)35)26(33)22-15-18-6-4-8-21(36-2)28(18)38-22/h4-13,15-16,25,34H,3,14H2,1-2H3. The SMILES string of the molecule is CCOC(=O)Cc1ccc(N2C(=O)C(O)=C(C(=O)c3cc4cccc(OC)c4o3)C2c2cccnc2)cc1. The van der Waals surface area contributed by atoms with E-state index in [1.807, 2.05) is 0 Å². The third kappa shape index (κ3) is 4.39. The van der Waals surface area contributed by atoms with E-state index in [1.165, 1.54) is 18.2 Å². The predicted octanol–water partition coefficient (Wildman–Crippen LogP) is 4.72. The molecule has 9 heteroatoms. The molecule has 3 heterocycles. The number of carbonyl (C=O) groups is 3. The number of rotatable bonds is 8. The number of benzene rings is 2. The van der Waals surface area contributed by atoms with E-state index in [4.69, 9.17) is 13.9 Å². The van der Waals surface area contributed by atoms with Gasteiger partial charge in [0.05, 0.1) is 31.8 Å². The summed E-state index contributed by atoms with van der Waals surface area (Å²) >= 11 is 0. The van der Waals surface area contributed by atoms with Crippen molar-refractivity contribution in [1.82, 2.24) is 4.98 Å². The van der Waals surface area contributed by atoms with E-state index in [2.05, 4.69) is 4.98 Å². The Kier molecular flexibility index (Phi) is 6.66. The summed E-state index contributed by atoms with van der Waals surface area (Å²) in [4.78, 5) is 44.5. The van der Waals surface area contributed by atoms with E-state index in [0.29, 0.717) is 33.5 Å². The molecule has 9 nitrogen and oxygen atoms in total. The fourth-order valence-corrected chi connectivity index (χ4v) is 4.55. The van der Waals surface area contributed by atoms with Crippen LogP contribution in [0.5, 0.6) is 5.75 Å². The highest BCUT2D eigenvalue weighted by molar-refractivity contribution is 6.20. The van der Waals surface area contributed by atoms with Crippen LogP contribution < -0.4 is 9.64 Å². The van der Waals surface area contributed by atoms with Crippen molar-refractivity contribution in [3.8, 4) is 5.75 Å². The summed E-state index contributed by atoms with van der Waals surface area (Å²) < 4.78 is 16.2. The zero-order valence-electron chi connectivity index (χ0n) is 20.7. The number of furan rings is 1. The molecular formula is C29H24N2O7. The first-order valence-electron chi connectivity index (χ1n) is 11.9. The summed E-state index contributed by atoms with van der Waals surface area (Å²) in [6.07, 6.45) is 3.19. The summed E-state index contributed by atoms with van der Waals surface area (Å²) in [6.45, 7) is 2.02. The van der Waals surface area contributed by atoms with Crippen LogP contribution in [0.25, 0.3) is 11.0 Å². The molecule has 1 unspecified atom stereocenters. The highest BCUT2D eigenvalue weighted by Crippen LogP contribution is 2.42. The molecule has 0 spiro atoms. The molecule has 2 aromatic carbocycles. The molecule has 1 amide bonds. The van der Waals surface area contributed by atoms with E-state index in [9.17, 15) is 19.5 Å². The van der Waals surface area contributed by atoms with Crippen LogP contribution in [0.4, 0.5) is 5.69 Å². The Hall–Kier alpha value is -4.92. The first kappa shape index (κ1) is 24.8. The third-order valence-corrected chi connectivity index (χ3v) is 6.27. The van der Waals surface area contributed by atoms with Crippen molar-refractivity contribution in [2.45, 2.75) is 19.4 Å². The Balaban J connectivity index is 1.55. The average Bonchev–Trinajstić information content (AvgIpc) is 3.48. The van der Waals surface area contributed by atoms with Gasteiger partial charge in [-0.15, -0.1) is 0 Å². The molecule has 0 radical (unpaired) electrons. The molecule has 1 N–H and O–H groups in total. The molecule has 1 aliphatic rings. The van der Waals surface area contributed by atoms with Crippen LogP contribution in [0, 0.1) is 0 Å². The zero-order chi connectivity index (χ0) is 26.8. The van der Waals surface area contributed by atoms with Gasteiger partial charge in [-0.25, -0.2) is 0 Å². The van der Waals surface area contributed by atoms with Gasteiger partial charge in [0.1, 0.15) is 0 Å². The van der Waals surface area contributed by atoms with Crippen LogP contribution in [0.3, 0.4) is 0 Å².